The van der Waals surface area contributed by atoms with Gasteiger partial charge in [-0.05, 0) is 23.6 Å². The van der Waals surface area contributed by atoms with Gasteiger partial charge in [-0.3, -0.25) is 0 Å². The number of halogens is 1. The van der Waals surface area contributed by atoms with Gasteiger partial charge in [0.1, 0.15) is 16.7 Å². The van der Waals surface area contributed by atoms with E-state index < -0.39 is 0 Å². The summed E-state index contributed by atoms with van der Waals surface area (Å²) in [5, 5.41) is 0.239. The Bertz CT molecular complexity index is 634. The van der Waals surface area contributed by atoms with Crippen LogP contribution in [0.15, 0.2) is 24.3 Å². The Hall–Kier alpha value is -2.01. The van der Waals surface area contributed by atoms with Crippen LogP contribution in [-0.2, 0) is 5.41 Å². The highest BCUT2D eigenvalue weighted by molar-refractivity contribution is 6.29. The van der Waals surface area contributed by atoms with E-state index in [1.165, 1.54) is 6.07 Å². The normalized spacial score (nSPS) is 11.3. The zero-order valence-corrected chi connectivity index (χ0v) is 13.2. The summed E-state index contributed by atoms with van der Waals surface area (Å²) < 4.78 is 11.1. The summed E-state index contributed by atoms with van der Waals surface area (Å²) in [6, 6.07) is 7.14. The largest absolute Gasteiger partial charge is 0.497 e. The summed E-state index contributed by atoms with van der Waals surface area (Å²) in [6.07, 6.45) is 0. The molecule has 0 radical (unpaired) electrons. The Kier molecular flexibility index (Phi) is 4.23. The van der Waals surface area contributed by atoms with Crippen molar-refractivity contribution in [2.24, 2.45) is 0 Å². The van der Waals surface area contributed by atoms with Crippen LogP contribution in [0, 0.1) is 0 Å². The summed E-state index contributed by atoms with van der Waals surface area (Å²) in [6.45, 7) is 6.28. The number of ether oxygens (including phenoxy) is 2. The van der Waals surface area contributed by atoms with Crippen LogP contribution in [0.4, 0.5) is 5.95 Å². The fourth-order valence-corrected chi connectivity index (χ4v) is 2.07. The average molecular weight is 308 g/mol. The van der Waals surface area contributed by atoms with Crippen molar-refractivity contribution in [1.82, 2.24) is 9.97 Å². The molecule has 0 saturated heterocycles. The molecule has 0 amide bonds. The smallest absolute Gasteiger partial charge is 0.225 e. The molecule has 6 heteroatoms. The van der Waals surface area contributed by atoms with E-state index in [1.54, 1.807) is 7.11 Å². The molecule has 2 aromatic rings. The fraction of sp³-hybridized carbons (Fsp3) is 0.333. The molecule has 0 atom stereocenters. The van der Waals surface area contributed by atoms with Crippen LogP contribution < -0.4 is 15.2 Å². The SMILES string of the molecule is COc1ccc(Oc2cc(Cl)nc(N)n2)c(C(C)(C)C)c1. The first-order valence-electron chi connectivity index (χ1n) is 6.46. The predicted molar refractivity (Wildman–Crippen MR) is 83.2 cm³/mol. The van der Waals surface area contributed by atoms with E-state index in [0.29, 0.717) is 11.6 Å². The molecule has 21 heavy (non-hydrogen) atoms. The van der Waals surface area contributed by atoms with Gasteiger partial charge in [0.05, 0.1) is 7.11 Å². The number of aromatic nitrogens is 2. The third-order valence-electron chi connectivity index (χ3n) is 2.90. The van der Waals surface area contributed by atoms with Crippen molar-refractivity contribution in [3.63, 3.8) is 0 Å². The third kappa shape index (κ3) is 3.76. The minimum absolute atomic E-state index is 0.0725. The van der Waals surface area contributed by atoms with Gasteiger partial charge in [0.25, 0.3) is 0 Å². The van der Waals surface area contributed by atoms with Gasteiger partial charge in [0, 0.05) is 11.6 Å². The molecule has 0 aliphatic carbocycles. The van der Waals surface area contributed by atoms with Gasteiger partial charge in [-0.2, -0.15) is 4.98 Å². The lowest BCUT2D eigenvalue weighted by molar-refractivity contribution is 0.405. The van der Waals surface area contributed by atoms with Crippen LogP contribution in [0.3, 0.4) is 0 Å². The van der Waals surface area contributed by atoms with Crippen LogP contribution in [-0.4, -0.2) is 17.1 Å². The maximum atomic E-state index is 5.86. The van der Waals surface area contributed by atoms with Crippen molar-refractivity contribution in [3.8, 4) is 17.4 Å². The van der Waals surface area contributed by atoms with Crippen LogP contribution in [0.25, 0.3) is 0 Å². The van der Waals surface area contributed by atoms with Crippen molar-refractivity contribution in [2.75, 3.05) is 12.8 Å². The van der Waals surface area contributed by atoms with Gasteiger partial charge in [-0.25, -0.2) is 4.98 Å². The van der Waals surface area contributed by atoms with E-state index in [2.05, 4.69) is 30.7 Å². The molecule has 0 aliphatic heterocycles. The second kappa shape index (κ2) is 5.77. The highest BCUT2D eigenvalue weighted by atomic mass is 35.5. The van der Waals surface area contributed by atoms with Crippen molar-refractivity contribution in [2.45, 2.75) is 26.2 Å². The van der Waals surface area contributed by atoms with Crippen LogP contribution in [0.5, 0.6) is 17.4 Å². The quantitative estimate of drug-likeness (QED) is 0.873. The number of hydrogen-bond donors (Lipinski definition) is 1. The first-order valence-corrected chi connectivity index (χ1v) is 6.84. The van der Waals surface area contributed by atoms with Gasteiger partial charge in [-0.1, -0.05) is 32.4 Å². The molecule has 5 nitrogen and oxygen atoms in total. The Morgan fingerprint density at radius 1 is 1.14 bits per heavy atom. The van der Waals surface area contributed by atoms with Crippen molar-refractivity contribution in [3.05, 3.63) is 35.0 Å². The van der Waals surface area contributed by atoms with E-state index in [9.17, 15) is 0 Å². The van der Waals surface area contributed by atoms with Crippen molar-refractivity contribution < 1.29 is 9.47 Å². The van der Waals surface area contributed by atoms with Crippen LogP contribution in [0.2, 0.25) is 5.15 Å². The molecular weight excluding hydrogens is 290 g/mol. The summed E-state index contributed by atoms with van der Waals surface area (Å²) in [7, 11) is 1.63. The van der Waals surface area contributed by atoms with Crippen molar-refractivity contribution >= 4 is 17.5 Å². The first kappa shape index (κ1) is 15.4. The van der Waals surface area contributed by atoms with E-state index in [0.717, 1.165) is 11.3 Å². The van der Waals surface area contributed by atoms with E-state index >= 15 is 0 Å². The lowest BCUT2D eigenvalue weighted by Gasteiger charge is -2.23. The monoisotopic (exact) mass is 307 g/mol. The highest BCUT2D eigenvalue weighted by Crippen LogP contribution is 2.36. The standard InChI is InChI=1S/C15H18ClN3O2/c1-15(2,3)10-7-9(20-4)5-6-11(10)21-13-8-12(16)18-14(17)19-13/h5-8H,1-4H3,(H2,17,18,19). The number of anilines is 1. The Labute approximate surface area is 129 Å². The zero-order valence-electron chi connectivity index (χ0n) is 12.5. The second-order valence-electron chi connectivity index (χ2n) is 5.60. The van der Waals surface area contributed by atoms with Gasteiger partial charge in [-0.15, -0.1) is 0 Å². The van der Waals surface area contributed by atoms with Gasteiger partial charge in [0.2, 0.25) is 11.8 Å². The number of rotatable bonds is 3. The predicted octanol–water partition coefficient (Wildman–Crippen LogP) is 3.81. The molecule has 1 heterocycles. The first-order chi connectivity index (χ1) is 9.79. The highest BCUT2D eigenvalue weighted by Gasteiger charge is 2.21. The summed E-state index contributed by atoms with van der Waals surface area (Å²) in [5.74, 6) is 1.83. The zero-order chi connectivity index (χ0) is 15.6. The molecule has 2 rings (SSSR count). The third-order valence-corrected chi connectivity index (χ3v) is 3.09. The van der Waals surface area contributed by atoms with E-state index in [4.69, 9.17) is 26.8 Å². The summed E-state index contributed by atoms with van der Waals surface area (Å²) >= 11 is 5.86. The molecule has 1 aromatic heterocycles. The topological polar surface area (TPSA) is 70.3 Å². The Balaban J connectivity index is 2.43. The minimum Gasteiger partial charge on any atom is -0.497 e. The maximum Gasteiger partial charge on any atom is 0.225 e. The minimum atomic E-state index is -0.119. The molecule has 0 saturated carbocycles. The van der Waals surface area contributed by atoms with E-state index in [1.807, 2.05) is 18.2 Å². The summed E-state index contributed by atoms with van der Waals surface area (Å²) in [5.41, 5.74) is 6.45. The number of nitrogens with zero attached hydrogens (tertiary/aromatic N) is 2. The molecule has 0 aliphatic rings. The number of benzene rings is 1. The molecule has 0 fully saturated rings. The lowest BCUT2D eigenvalue weighted by atomic mass is 9.86. The average Bonchev–Trinajstić information content (AvgIpc) is 2.36. The van der Waals surface area contributed by atoms with Gasteiger partial charge < -0.3 is 15.2 Å². The van der Waals surface area contributed by atoms with Crippen molar-refractivity contribution in [1.29, 1.82) is 0 Å². The molecule has 0 bridgehead atoms. The van der Waals surface area contributed by atoms with Gasteiger partial charge in [0.15, 0.2) is 0 Å². The molecular formula is C15H18ClN3O2. The molecule has 0 spiro atoms. The molecule has 112 valence electrons. The van der Waals surface area contributed by atoms with Gasteiger partial charge >= 0.3 is 0 Å². The maximum absolute atomic E-state index is 5.86. The van der Waals surface area contributed by atoms with Crippen LogP contribution >= 0.6 is 11.6 Å². The number of methoxy groups -OCH3 is 1. The Morgan fingerprint density at radius 3 is 2.43 bits per heavy atom. The van der Waals surface area contributed by atoms with Crippen LogP contribution in [0.1, 0.15) is 26.3 Å². The second-order valence-corrected chi connectivity index (χ2v) is 5.99. The molecule has 1 aromatic carbocycles. The number of nitrogens with two attached hydrogens (primary N) is 1. The molecule has 2 N–H and O–H groups in total. The van der Waals surface area contributed by atoms with E-state index in [-0.39, 0.29) is 16.5 Å². The summed E-state index contributed by atoms with van der Waals surface area (Å²) in [4.78, 5) is 7.83. The molecule has 0 unspecified atom stereocenters. The lowest BCUT2D eigenvalue weighted by Crippen LogP contribution is -2.13. The fourth-order valence-electron chi connectivity index (χ4n) is 1.89. The Morgan fingerprint density at radius 2 is 1.86 bits per heavy atom. The number of hydrogen-bond acceptors (Lipinski definition) is 5. The number of nitrogen functional groups attached to an aromatic ring is 1.